The molecule has 2 aromatic rings. The summed E-state index contributed by atoms with van der Waals surface area (Å²) in [7, 11) is -0.492. The molecule has 0 unspecified atom stereocenters. The van der Waals surface area contributed by atoms with Gasteiger partial charge in [-0.2, -0.15) is 0 Å². The number of carbonyl (C=O) groups is 1. The molecule has 1 atom stereocenters. The number of para-hydroxylation sites is 2. The third-order valence-electron chi connectivity index (χ3n) is 3.49. The number of thiophene rings is 1. The molecule has 3 rings (SSSR count). The van der Waals surface area contributed by atoms with E-state index in [0.717, 1.165) is 11.3 Å². The number of carbonyl (C=O) groups excluding carboxylic acids is 1. The Morgan fingerprint density at radius 2 is 2.00 bits per heavy atom. The zero-order chi connectivity index (χ0) is 16.6. The van der Waals surface area contributed by atoms with Gasteiger partial charge in [-0.3, -0.25) is 9.10 Å². The fourth-order valence-electron chi connectivity index (χ4n) is 2.37. The summed E-state index contributed by atoms with van der Waals surface area (Å²) < 4.78 is 33.0. The van der Waals surface area contributed by atoms with Gasteiger partial charge in [-0.05, 0) is 23.6 Å². The summed E-state index contributed by atoms with van der Waals surface area (Å²) in [5, 5.41) is 1.71. The highest BCUT2D eigenvalue weighted by Crippen LogP contribution is 2.37. The molecule has 8 heteroatoms. The first-order valence-corrected chi connectivity index (χ1v) is 9.26. The monoisotopic (exact) mass is 352 g/mol. The number of nitrogens with zero attached hydrogens (tertiary/aromatic N) is 2. The number of benzene rings is 1. The molecule has 0 fully saturated rings. The fraction of sp³-hybridized carbons (Fsp3) is 0.267. The van der Waals surface area contributed by atoms with Crippen LogP contribution >= 0.6 is 11.3 Å². The first-order valence-electron chi connectivity index (χ1n) is 6.94. The number of amides is 1. The van der Waals surface area contributed by atoms with Crippen LogP contribution in [0.3, 0.4) is 0 Å². The molecule has 1 aliphatic rings. The van der Waals surface area contributed by atoms with Gasteiger partial charge in [0, 0.05) is 14.1 Å². The van der Waals surface area contributed by atoms with Gasteiger partial charge in [-0.15, -0.1) is 11.3 Å². The standard InChI is InChI=1S/C15H16N2O4S2/c1-16(2)15(18)13-10-17(11-6-3-4-7-12(11)21-13)23(19,20)14-8-5-9-22-14/h3-9,13H,10H2,1-2H3/t13-/m0/s1. The zero-order valence-electron chi connectivity index (χ0n) is 12.7. The Kier molecular flexibility index (Phi) is 4.03. The number of ether oxygens (including phenoxy) is 1. The minimum absolute atomic E-state index is 0.0474. The van der Waals surface area contributed by atoms with Gasteiger partial charge in [0.2, 0.25) is 0 Å². The van der Waals surface area contributed by atoms with Crippen molar-refractivity contribution in [1.29, 1.82) is 0 Å². The van der Waals surface area contributed by atoms with Gasteiger partial charge >= 0.3 is 0 Å². The number of rotatable bonds is 3. The maximum atomic E-state index is 12.9. The van der Waals surface area contributed by atoms with E-state index in [0.29, 0.717) is 11.4 Å². The summed E-state index contributed by atoms with van der Waals surface area (Å²) >= 11 is 1.15. The number of likely N-dealkylation sites (N-methyl/N-ethyl adjacent to an activating group) is 1. The summed E-state index contributed by atoms with van der Waals surface area (Å²) in [4.78, 5) is 13.6. The molecule has 0 spiro atoms. The van der Waals surface area contributed by atoms with Crippen LogP contribution in [0.5, 0.6) is 5.75 Å². The molecule has 1 aromatic heterocycles. The molecule has 122 valence electrons. The molecule has 0 saturated heterocycles. The van der Waals surface area contributed by atoms with Crippen LogP contribution in [0.1, 0.15) is 0 Å². The van der Waals surface area contributed by atoms with Crippen LogP contribution < -0.4 is 9.04 Å². The smallest absolute Gasteiger partial charge is 0.274 e. The summed E-state index contributed by atoms with van der Waals surface area (Å²) in [6.45, 7) is -0.0474. The minimum atomic E-state index is -3.72. The van der Waals surface area contributed by atoms with E-state index < -0.39 is 16.1 Å². The normalized spacial score (nSPS) is 17.3. The molecule has 0 aliphatic carbocycles. The molecule has 1 aromatic carbocycles. The average molecular weight is 352 g/mol. The van der Waals surface area contributed by atoms with Crippen molar-refractivity contribution in [3.8, 4) is 5.75 Å². The second-order valence-electron chi connectivity index (χ2n) is 5.28. The van der Waals surface area contributed by atoms with E-state index in [1.54, 1.807) is 55.9 Å². The van der Waals surface area contributed by atoms with Gasteiger partial charge in [0.25, 0.3) is 15.9 Å². The van der Waals surface area contributed by atoms with Gasteiger partial charge in [0.05, 0.1) is 12.2 Å². The lowest BCUT2D eigenvalue weighted by Crippen LogP contribution is -2.50. The second kappa shape index (κ2) is 5.86. The highest BCUT2D eigenvalue weighted by Gasteiger charge is 2.38. The SMILES string of the molecule is CN(C)C(=O)[C@@H]1CN(S(=O)(=O)c2cccs2)c2ccccc2O1. The topological polar surface area (TPSA) is 66.9 Å². The van der Waals surface area contributed by atoms with Crippen molar-refractivity contribution in [3.05, 3.63) is 41.8 Å². The average Bonchev–Trinajstić information content (AvgIpc) is 3.08. The highest BCUT2D eigenvalue weighted by molar-refractivity contribution is 7.94. The first-order chi connectivity index (χ1) is 10.9. The second-order valence-corrected chi connectivity index (χ2v) is 8.31. The molecule has 23 heavy (non-hydrogen) atoms. The van der Waals surface area contributed by atoms with E-state index in [1.807, 2.05) is 0 Å². The largest absolute Gasteiger partial charge is 0.476 e. The van der Waals surface area contributed by atoms with Gasteiger partial charge < -0.3 is 9.64 Å². The molecule has 1 aliphatic heterocycles. The minimum Gasteiger partial charge on any atom is -0.476 e. The summed E-state index contributed by atoms with van der Waals surface area (Å²) in [5.74, 6) is 0.116. The third-order valence-corrected chi connectivity index (χ3v) is 6.64. The van der Waals surface area contributed by atoms with Crippen LogP contribution in [-0.4, -0.2) is 46.0 Å². The Labute approximate surface area is 139 Å². The Morgan fingerprint density at radius 3 is 2.65 bits per heavy atom. The van der Waals surface area contributed by atoms with Crippen LogP contribution in [0.4, 0.5) is 5.69 Å². The number of hydrogen-bond acceptors (Lipinski definition) is 5. The summed E-state index contributed by atoms with van der Waals surface area (Å²) in [6.07, 6.45) is -0.866. The number of anilines is 1. The number of sulfonamides is 1. The van der Waals surface area contributed by atoms with E-state index in [2.05, 4.69) is 0 Å². The Balaban J connectivity index is 2.06. The molecule has 1 amide bonds. The maximum Gasteiger partial charge on any atom is 0.274 e. The fourth-order valence-corrected chi connectivity index (χ4v) is 4.95. The maximum absolute atomic E-state index is 12.9. The lowest BCUT2D eigenvalue weighted by molar-refractivity contribution is -0.135. The molecule has 0 radical (unpaired) electrons. The summed E-state index contributed by atoms with van der Waals surface area (Å²) in [5.41, 5.74) is 0.448. The van der Waals surface area contributed by atoms with Crippen molar-refractivity contribution in [2.45, 2.75) is 10.3 Å². The molecular weight excluding hydrogens is 336 g/mol. The van der Waals surface area contributed by atoms with Crippen molar-refractivity contribution in [3.63, 3.8) is 0 Å². The van der Waals surface area contributed by atoms with Gasteiger partial charge in [-0.1, -0.05) is 18.2 Å². The highest BCUT2D eigenvalue weighted by atomic mass is 32.2. The predicted octanol–water partition coefficient (Wildman–Crippen LogP) is 1.79. The summed E-state index contributed by atoms with van der Waals surface area (Å²) in [6, 6.07) is 10.1. The quantitative estimate of drug-likeness (QED) is 0.845. The van der Waals surface area contributed by atoms with Crippen LogP contribution in [0.15, 0.2) is 46.0 Å². The molecule has 0 bridgehead atoms. The number of fused-ring (bicyclic) bond motifs is 1. The predicted molar refractivity (Wildman–Crippen MR) is 88.4 cm³/mol. The van der Waals surface area contributed by atoms with Crippen LogP contribution in [0.25, 0.3) is 0 Å². The number of hydrogen-bond donors (Lipinski definition) is 0. The van der Waals surface area contributed by atoms with E-state index in [4.69, 9.17) is 4.74 Å². The molecule has 0 saturated carbocycles. The molecular formula is C15H16N2O4S2. The molecule has 6 nitrogen and oxygen atoms in total. The van der Waals surface area contributed by atoms with Crippen molar-refractivity contribution in [2.75, 3.05) is 24.9 Å². The Hall–Kier alpha value is -2.06. The zero-order valence-corrected chi connectivity index (χ0v) is 14.3. The van der Waals surface area contributed by atoms with Gasteiger partial charge in [-0.25, -0.2) is 8.42 Å². The lowest BCUT2D eigenvalue weighted by Gasteiger charge is -2.35. The van der Waals surface area contributed by atoms with Crippen molar-refractivity contribution in [2.24, 2.45) is 0 Å². The lowest BCUT2D eigenvalue weighted by atomic mass is 10.2. The van der Waals surface area contributed by atoms with E-state index in [1.165, 1.54) is 9.21 Å². The Bertz CT molecular complexity index is 816. The van der Waals surface area contributed by atoms with Crippen LogP contribution in [-0.2, 0) is 14.8 Å². The van der Waals surface area contributed by atoms with Crippen molar-refractivity contribution < 1.29 is 17.9 Å². The van der Waals surface area contributed by atoms with E-state index in [9.17, 15) is 13.2 Å². The Morgan fingerprint density at radius 1 is 1.26 bits per heavy atom. The van der Waals surface area contributed by atoms with Crippen LogP contribution in [0.2, 0.25) is 0 Å². The van der Waals surface area contributed by atoms with Gasteiger partial charge in [0.15, 0.2) is 6.10 Å². The molecule has 0 N–H and O–H groups in total. The van der Waals surface area contributed by atoms with Crippen LogP contribution in [0, 0.1) is 0 Å². The van der Waals surface area contributed by atoms with Crippen molar-refractivity contribution in [1.82, 2.24) is 4.90 Å². The van der Waals surface area contributed by atoms with Crippen molar-refractivity contribution >= 4 is 33.0 Å². The van der Waals surface area contributed by atoms with E-state index >= 15 is 0 Å². The molecule has 2 heterocycles. The third kappa shape index (κ3) is 2.79. The first kappa shape index (κ1) is 15.8. The van der Waals surface area contributed by atoms with Gasteiger partial charge in [0.1, 0.15) is 9.96 Å². The van der Waals surface area contributed by atoms with E-state index in [-0.39, 0.29) is 16.7 Å².